The third kappa shape index (κ3) is 2.08. The van der Waals surface area contributed by atoms with Crippen LogP contribution in [0.15, 0.2) is 35.6 Å². The Hall–Kier alpha value is -1.88. The highest BCUT2D eigenvalue weighted by molar-refractivity contribution is 6.07. The number of methoxy groups -OCH3 is 1. The number of carboxylic acids is 1. The monoisotopic (exact) mass is 276 g/mol. The first-order chi connectivity index (χ1) is 9.60. The minimum absolute atomic E-state index is 0.0254. The average molecular weight is 276 g/mol. The average Bonchev–Trinajstić information content (AvgIpc) is 3.03. The van der Waals surface area contributed by atoms with Crippen LogP contribution in [0.4, 0.5) is 0 Å². The molecule has 5 heteroatoms. The van der Waals surface area contributed by atoms with Crippen molar-refractivity contribution in [3.8, 4) is 0 Å². The predicted molar refractivity (Wildman–Crippen MR) is 69.8 cm³/mol. The number of aliphatic carboxylic acids is 1. The Morgan fingerprint density at radius 2 is 2.10 bits per heavy atom. The maximum Gasteiger partial charge on any atom is 0.334 e. The van der Waals surface area contributed by atoms with Crippen molar-refractivity contribution in [2.75, 3.05) is 7.11 Å². The lowest BCUT2D eigenvalue weighted by atomic mass is 9.97. The molecule has 0 saturated heterocycles. The Balaban J connectivity index is 1.81. The molecule has 1 saturated carbocycles. The summed E-state index contributed by atoms with van der Waals surface area (Å²) >= 11 is 0. The minimum Gasteiger partial charge on any atom is -0.493 e. The van der Waals surface area contributed by atoms with Gasteiger partial charge in [0.15, 0.2) is 11.9 Å². The summed E-state index contributed by atoms with van der Waals surface area (Å²) in [6.07, 6.45) is 7.77. The minimum atomic E-state index is -1.13. The number of carboxylic acid groups (broad SMARTS) is 1. The van der Waals surface area contributed by atoms with Gasteiger partial charge in [-0.3, -0.25) is 4.79 Å². The Kier molecular flexibility index (Phi) is 3.22. The van der Waals surface area contributed by atoms with Gasteiger partial charge in [-0.1, -0.05) is 12.2 Å². The molecular formula is C15H16O5. The number of hydrogen-bond donors (Lipinski definition) is 1. The van der Waals surface area contributed by atoms with E-state index in [4.69, 9.17) is 9.47 Å². The molecule has 0 aliphatic heterocycles. The van der Waals surface area contributed by atoms with Gasteiger partial charge in [0.2, 0.25) is 5.78 Å². The Morgan fingerprint density at radius 3 is 2.65 bits per heavy atom. The van der Waals surface area contributed by atoms with Gasteiger partial charge in [0.25, 0.3) is 0 Å². The molecular weight excluding hydrogens is 260 g/mol. The summed E-state index contributed by atoms with van der Waals surface area (Å²) in [5.74, 6) is -0.621. The fourth-order valence-electron chi connectivity index (χ4n) is 3.15. The van der Waals surface area contributed by atoms with Crippen molar-refractivity contribution < 1.29 is 24.2 Å². The molecule has 0 aromatic rings. The lowest BCUT2D eigenvalue weighted by Crippen LogP contribution is -2.38. The maximum absolute atomic E-state index is 12.2. The lowest BCUT2D eigenvalue weighted by molar-refractivity contribution is -0.141. The number of fused-ring (bicyclic) bond motifs is 2. The molecule has 0 amide bonds. The lowest BCUT2D eigenvalue weighted by Gasteiger charge is -2.27. The van der Waals surface area contributed by atoms with Crippen LogP contribution in [-0.4, -0.2) is 36.2 Å². The third-order valence-corrected chi connectivity index (χ3v) is 4.17. The largest absolute Gasteiger partial charge is 0.493 e. The molecule has 0 heterocycles. The highest BCUT2D eigenvalue weighted by atomic mass is 16.5. The fourth-order valence-corrected chi connectivity index (χ4v) is 3.15. The molecule has 5 nitrogen and oxygen atoms in total. The molecule has 4 atom stereocenters. The van der Waals surface area contributed by atoms with Crippen LogP contribution in [0.1, 0.15) is 12.8 Å². The molecule has 3 aliphatic carbocycles. The van der Waals surface area contributed by atoms with Crippen LogP contribution in [0, 0.1) is 11.8 Å². The molecule has 4 unspecified atom stereocenters. The summed E-state index contributed by atoms with van der Waals surface area (Å²) in [6.45, 7) is 0. The van der Waals surface area contributed by atoms with Crippen LogP contribution < -0.4 is 0 Å². The van der Waals surface area contributed by atoms with Crippen molar-refractivity contribution in [3.05, 3.63) is 35.6 Å². The van der Waals surface area contributed by atoms with E-state index in [0.29, 0.717) is 11.8 Å². The smallest absolute Gasteiger partial charge is 0.334 e. The van der Waals surface area contributed by atoms with Crippen LogP contribution in [-0.2, 0) is 19.1 Å². The second-order valence-electron chi connectivity index (χ2n) is 5.36. The van der Waals surface area contributed by atoms with Gasteiger partial charge >= 0.3 is 5.97 Å². The zero-order valence-corrected chi connectivity index (χ0v) is 11.1. The molecule has 2 bridgehead atoms. The Labute approximate surface area is 116 Å². The molecule has 3 rings (SSSR count). The number of hydrogen-bond acceptors (Lipinski definition) is 4. The summed E-state index contributed by atoms with van der Waals surface area (Å²) in [5, 5.41) is 9.21. The topological polar surface area (TPSA) is 72.8 Å². The molecule has 0 aromatic carbocycles. The third-order valence-electron chi connectivity index (χ3n) is 4.17. The summed E-state index contributed by atoms with van der Waals surface area (Å²) < 4.78 is 10.8. The molecule has 1 fully saturated rings. The highest BCUT2D eigenvalue weighted by Crippen LogP contribution is 2.42. The van der Waals surface area contributed by atoms with Crippen LogP contribution in [0.25, 0.3) is 0 Å². The van der Waals surface area contributed by atoms with E-state index < -0.39 is 17.9 Å². The molecule has 1 N–H and O–H groups in total. The fraction of sp³-hybridized carbons (Fsp3) is 0.467. The first-order valence-electron chi connectivity index (χ1n) is 6.67. The van der Waals surface area contributed by atoms with Crippen LogP contribution in [0.2, 0.25) is 0 Å². The van der Waals surface area contributed by atoms with Gasteiger partial charge < -0.3 is 14.6 Å². The van der Waals surface area contributed by atoms with Gasteiger partial charge in [0.05, 0.1) is 18.8 Å². The van der Waals surface area contributed by atoms with Crippen molar-refractivity contribution >= 4 is 11.8 Å². The van der Waals surface area contributed by atoms with Gasteiger partial charge in [-0.2, -0.15) is 0 Å². The van der Waals surface area contributed by atoms with E-state index in [-0.39, 0.29) is 17.4 Å². The summed E-state index contributed by atoms with van der Waals surface area (Å²) in [6, 6.07) is 0. The number of ether oxygens (including phenoxy) is 2. The van der Waals surface area contributed by atoms with Crippen molar-refractivity contribution in [2.45, 2.75) is 25.0 Å². The van der Waals surface area contributed by atoms with Crippen LogP contribution >= 0.6 is 0 Å². The normalized spacial score (nSPS) is 35.0. The Morgan fingerprint density at radius 1 is 1.30 bits per heavy atom. The highest BCUT2D eigenvalue weighted by Gasteiger charge is 2.42. The van der Waals surface area contributed by atoms with Gasteiger partial charge in [0.1, 0.15) is 0 Å². The number of Topliss-reactive ketones (excluding diaryl/α,β-unsaturated/α-hetero) is 1. The molecule has 0 aromatic heterocycles. The van der Waals surface area contributed by atoms with Gasteiger partial charge in [-0.15, -0.1) is 0 Å². The molecule has 20 heavy (non-hydrogen) atoms. The second kappa shape index (κ2) is 4.90. The first-order valence-corrected chi connectivity index (χ1v) is 6.67. The standard InChI is InChI=1S/C15H16O5/c1-19-11-5-4-10(15(17)18)14(13(11)16)20-12-7-8-2-3-9(12)6-8/h2-5,8-9,12,14H,6-7H2,1H3,(H,17,18). The molecule has 0 radical (unpaired) electrons. The van der Waals surface area contributed by atoms with E-state index in [2.05, 4.69) is 12.2 Å². The maximum atomic E-state index is 12.2. The van der Waals surface area contributed by atoms with Crippen molar-refractivity contribution in [3.63, 3.8) is 0 Å². The first kappa shape index (κ1) is 13.1. The van der Waals surface area contributed by atoms with Crippen molar-refractivity contribution in [2.24, 2.45) is 11.8 Å². The zero-order chi connectivity index (χ0) is 14.3. The second-order valence-corrected chi connectivity index (χ2v) is 5.36. The number of ketones is 1. The SMILES string of the molecule is COC1=CC=C(C(=O)O)C(OC2CC3C=CC2C3)C1=O. The van der Waals surface area contributed by atoms with E-state index >= 15 is 0 Å². The quantitative estimate of drug-likeness (QED) is 0.787. The number of carbonyl (C=O) groups is 2. The predicted octanol–water partition coefficient (Wildman–Crippen LogP) is 1.46. The number of rotatable bonds is 4. The summed E-state index contributed by atoms with van der Waals surface area (Å²) in [7, 11) is 1.39. The van der Waals surface area contributed by atoms with E-state index in [9.17, 15) is 14.7 Å². The van der Waals surface area contributed by atoms with Gasteiger partial charge in [-0.05, 0) is 30.9 Å². The Bertz CT molecular complexity index is 542. The van der Waals surface area contributed by atoms with E-state index in [1.807, 2.05) is 0 Å². The van der Waals surface area contributed by atoms with Crippen LogP contribution in [0.5, 0.6) is 0 Å². The van der Waals surface area contributed by atoms with E-state index in [1.165, 1.54) is 19.3 Å². The zero-order valence-electron chi connectivity index (χ0n) is 11.1. The summed E-state index contributed by atoms with van der Waals surface area (Å²) in [4.78, 5) is 23.5. The number of allylic oxidation sites excluding steroid dienone is 3. The van der Waals surface area contributed by atoms with E-state index in [0.717, 1.165) is 12.8 Å². The van der Waals surface area contributed by atoms with Crippen molar-refractivity contribution in [1.29, 1.82) is 0 Å². The molecule has 0 spiro atoms. The van der Waals surface area contributed by atoms with Crippen molar-refractivity contribution in [1.82, 2.24) is 0 Å². The van der Waals surface area contributed by atoms with Crippen LogP contribution in [0.3, 0.4) is 0 Å². The molecule has 3 aliphatic rings. The molecule has 106 valence electrons. The van der Waals surface area contributed by atoms with E-state index in [1.54, 1.807) is 0 Å². The number of carbonyl (C=O) groups excluding carboxylic acids is 1. The summed E-state index contributed by atoms with van der Waals surface area (Å²) in [5.41, 5.74) is -0.0254. The van der Waals surface area contributed by atoms with Gasteiger partial charge in [0, 0.05) is 5.92 Å². The van der Waals surface area contributed by atoms with Gasteiger partial charge in [-0.25, -0.2) is 4.79 Å².